The fourth-order valence-corrected chi connectivity index (χ4v) is 9.62. The standard InChI is InChI=1S/C62H110O15/c1-3-5-7-9-11-13-15-17-19-21-23-25-27-29-31-33-35-37-39-41-43-45-54(65)75-50(47-72-53(64)44-42-40-38-36-34-32-30-28-26-24-22-20-18-16-14-12-10-8-6-4-2)48-73-61-60(71)58(69)56(67)52(77-61)49-74-62-59(70)57(68)55(66)51(46-63)76-62/h5,7,11,13,17,19,23,25,50-52,55-63,66-71H,3-4,6,8-10,12,14-16,18,20-22,24,26-49H2,1-2H3/b7-5-,13-11-,19-17-,25-23-. The van der Waals surface area contributed by atoms with E-state index < -0.39 is 92.7 Å². The van der Waals surface area contributed by atoms with Crippen LogP contribution in [0.25, 0.3) is 0 Å². The third-order valence-electron chi connectivity index (χ3n) is 14.6. The summed E-state index contributed by atoms with van der Waals surface area (Å²) < 4.78 is 33.8. The van der Waals surface area contributed by atoms with Gasteiger partial charge in [0.15, 0.2) is 18.7 Å². The summed E-state index contributed by atoms with van der Waals surface area (Å²) in [4.78, 5) is 26.0. The lowest BCUT2D eigenvalue weighted by Gasteiger charge is -2.42. The number of rotatable bonds is 49. The molecule has 2 rings (SSSR count). The van der Waals surface area contributed by atoms with Gasteiger partial charge < -0.3 is 64.2 Å². The maximum Gasteiger partial charge on any atom is 0.306 e. The van der Waals surface area contributed by atoms with Gasteiger partial charge >= 0.3 is 11.9 Å². The van der Waals surface area contributed by atoms with E-state index in [0.29, 0.717) is 12.8 Å². The molecule has 2 heterocycles. The van der Waals surface area contributed by atoms with Gasteiger partial charge in [0.25, 0.3) is 0 Å². The summed E-state index contributed by atoms with van der Waals surface area (Å²) in [5, 5.41) is 72.4. The molecule has 2 saturated heterocycles. The maximum atomic E-state index is 13.1. The molecular weight excluding hydrogens is 985 g/mol. The second-order valence-electron chi connectivity index (χ2n) is 21.5. The lowest BCUT2D eigenvalue weighted by atomic mass is 9.98. The minimum Gasteiger partial charge on any atom is -0.462 e. The second-order valence-corrected chi connectivity index (χ2v) is 21.5. The molecule has 15 nitrogen and oxygen atoms in total. The Morgan fingerprint density at radius 1 is 0.429 bits per heavy atom. The van der Waals surface area contributed by atoms with Gasteiger partial charge in [-0.1, -0.05) is 223 Å². The van der Waals surface area contributed by atoms with Crippen molar-refractivity contribution in [2.45, 2.75) is 306 Å². The molecule has 0 amide bonds. The van der Waals surface area contributed by atoms with E-state index in [-0.39, 0.29) is 26.1 Å². The lowest BCUT2D eigenvalue weighted by molar-refractivity contribution is -0.332. The SMILES string of the molecule is CC/C=C\C/C=C\C/C=C\C/C=C\CCCCCCCCCCC(=O)OC(COC(=O)CCCCCCCCCCCCCCCCCCCCCC)COC1OC(COC2OC(CO)C(O)C(O)C2O)C(O)C(O)C1O. The minimum absolute atomic E-state index is 0.156. The van der Waals surface area contributed by atoms with Crippen molar-refractivity contribution in [3.05, 3.63) is 48.6 Å². The van der Waals surface area contributed by atoms with Crippen LogP contribution in [0.1, 0.15) is 239 Å². The van der Waals surface area contributed by atoms with Crippen LogP contribution in [0.5, 0.6) is 0 Å². The van der Waals surface area contributed by atoms with Crippen molar-refractivity contribution in [3.8, 4) is 0 Å². The van der Waals surface area contributed by atoms with Gasteiger partial charge in [0.05, 0.1) is 19.8 Å². The zero-order chi connectivity index (χ0) is 56.0. The Morgan fingerprint density at radius 3 is 1.29 bits per heavy atom. The van der Waals surface area contributed by atoms with E-state index in [1.807, 2.05) is 0 Å². The van der Waals surface area contributed by atoms with Crippen LogP contribution in [-0.2, 0) is 38.0 Å². The zero-order valence-corrected chi connectivity index (χ0v) is 47.9. The van der Waals surface area contributed by atoms with Gasteiger partial charge in [-0.3, -0.25) is 9.59 Å². The fourth-order valence-electron chi connectivity index (χ4n) is 9.62. The number of hydrogen-bond donors (Lipinski definition) is 7. The van der Waals surface area contributed by atoms with Gasteiger partial charge in [-0.25, -0.2) is 0 Å². The van der Waals surface area contributed by atoms with Crippen LogP contribution in [-0.4, -0.2) is 142 Å². The highest BCUT2D eigenvalue weighted by Gasteiger charge is 2.47. The number of allylic oxidation sites excluding steroid dienone is 8. The summed E-state index contributed by atoms with van der Waals surface area (Å²) in [6, 6.07) is 0. The van der Waals surface area contributed by atoms with Crippen molar-refractivity contribution < 1.29 is 73.8 Å². The van der Waals surface area contributed by atoms with Crippen LogP contribution in [0.15, 0.2) is 48.6 Å². The molecule has 11 atom stereocenters. The van der Waals surface area contributed by atoms with Crippen molar-refractivity contribution in [1.29, 1.82) is 0 Å². The molecule has 2 aliphatic rings. The Kier molecular flexibility index (Phi) is 44.2. The number of hydrogen-bond acceptors (Lipinski definition) is 15. The zero-order valence-electron chi connectivity index (χ0n) is 47.9. The summed E-state index contributed by atoms with van der Waals surface area (Å²) in [6.45, 7) is 2.52. The van der Waals surface area contributed by atoms with Crippen LogP contribution in [0.2, 0.25) is 0 Å². The molecule has 0 radical (unpaired) electrons. The molecule has 448 valence electrons. The van der Waals surface area contributed by atoms with E-state index in [9.17, 15) is 45.3 Å². The van der Waals surface area contributed by atoms with E-state index >= 15 is 0 Å². The smallest absolute Gasteiger partial charge is 0.306 e. The number of carbonyl (C=O) groups is 2. The molecule has 15 heteroatoms. The van der Waals surface area contributed by atoms with Crippen LogP contribution in [0, 0.1) is 0 Å². The number of aliphatic hydroxyl groups excluding tert-OH is 7. The van der Waals surface area contributed by atoms with Crippen LogP contribution in [0.4, 0.5) is 0 Å². The lowest BCUT2D eigenvalue weighted by Crippen LogP contribution is -2.61. The molecule has 77 heavy (non-hydrogen) atoms. The molecular formula is C62H110O15. The van der Waals surface area contributed by atoms with E-state index in [0.717, 1.165) is 77.0 Å². The molecule has 0 bridgehead atoms. The van der Waals surface area contributed by atoms with E-state index in [4.69, 9.17) is 28.4 Å². The van der Waals surface area contributed by atoms with E-state index in [1.54, 1.807) is 0 Å². The third-order valence-corrected chi connectivity index (χ3v) is 14.6. The highest BCUT2D eigenvalue weighted by Crippen LogP contribution is 2.27. The molecule has 2 aliphatic heterocycles. The largest absolute Gasteiger partial charge is 0.462 e. The average Bonchev–Trinajstić information content (AvgIpc) is 3.43. The van der Waals surface area contributed by atoms with Gasteiger partial charge in [-0.2, -0.15) is 0 Å². The highest BCUT2D eigenvalue weighted by molar-refractivity contribution is 5.70. The van der Waals surface area contributed by atoms with Crippen LogP contribution < -0.4 is 0 Å². The normalized spacial score (nSPS) is 24.5. The predicted molar refractivity (Wildman–Crippen MR) is 303 cm³/mol. The highest BCUT2D eigenvalue weighted by atomic mass is 16.7. The summed E-state index contributed by atoms with van der Waals surface area (Å²) in [6.07, 6.45) is 39.8. The number of unbranched alkanes of at least 4 members (excludes halogenated alkanes) is 27. The van der Waals surface area contributed by atoms with Gasteiger partial charge in [0, 0.05) is 12.8 Å². The second kappa shape index (κ2) is 48.2. The predicted octanol–water partition coefficient (Wildman–Crippen LogP) is 11.0. The van der Waals surface area contributed by atoms with Gasteiger partial charge in [-0.05, 0) is 51.4 Å². The van der Waals surface area contributed by atoms with E-state index in [2.05, 4.69) is 62.5 Å². The van der Waals surface area contributed by atoms with Crippen molar-refractivity contribution in [1.82, 2.24) is 0 Å². The molecule has 0 aromatic carbocycles. The third kappa shape index (κ3) is 35.0. The molecule has 2 fully saturated rings. The molecule has 0 saturated carbocycles. The first-order valence-corrected chi connectivity index (χ1v) is 30.7. The average molecular weight is 1100 g/mol. The fraction of sp³-hybridized carbons (Fsp3) is 0.839. The number of carbonyl (C=O) groups excluding carboxylic acids is 2. The molecule has 0 aromatic rings. The topological polar surface area (TPSA) is 231 Å². The summed E-state index contributed by atoms with van der Waals surface area (Å²) in [7, 11) is 0. The Labute approximate surface area is 465 Å². The Morgan fingerprint density at radius 2 is 0.818 bits per heavy atom. The van der Waals surface area contributed by atoms with Crippen molar-refractivity contribution >= 4 is 11.9 Å². The Balaban J connectivity index is 1.73. The molecule has 11 unspecified atom stereocenters. The van der Waals surface area contributed by atoms with Crippen LogP contribution >= 0.6 is 0 Å². The van der Waals surface area contributed by atoms with Crippen molar-refractivity contribution in [2.75, 3.05) is 26.4 Å². The molecule has 0 aliphatic carbocycles. The Hall–Kier alpha value is -2.54. The first kappa shape index (κ1) is 70.6. The molecule has 0 spiro atoms. The maximum absolute atomic E-state index is 13.1. The minimum atomic E-state index is -1.77. The molecule has 7 N–H and O–H groups in total. The van der Waals surface area contributed by atoms with E-state index in [1.165, 1.54) is 122 Å². The summed E-state index contributed by atoms with van der Waals surface area (Å²) in [5.74, 6) is -0.924. The number of esters is 2. The van der Waals surface area contributed by atoms with Gasteiger partial charge in [-0.15, -0.1) is 0 Å². The van der Waals surface area contributed by atoms with Gasteiger partial charge in [0.1, 0.15) is 55.4 Å². The van der Waals surface area contributed by atoms with Crippen LogP contribution in [0.3, 0.4) is 0 Å². The summed E-state index contributed by atoms with van der Waals surface area (Å²) in [5.41, 5.74) is 0. The van der Waals surface area contributed by atoms with Crippen molar-refractivity contribution in [3.63, 3.8) is 0 Å². The molecule has 0 aromatic heterocycles. The monoisotopic (exact) mass is 1090 g/mol. The first-order chi connectivity index (χ1) is 37.5. The van der Waals surface area contributed by atoms with Gasteiger partial charge in [0.2, 0.25) is 0 Å². The van der Waals surface area contributed by atoms with Crippen molar-refractivity contribution in [2.24, 2.45) is 0 Å². The quantitative estimate of drug-likeness (QED) is 0.0171. The summed E-state index contributed by atoms with van der Waals surface area (Å²) >= 11 is 0. The first-order valence-electron chi connectivity index (χ1n) is 30.7. The number of ether oxygens (including phenoxy) is 6. The Bertz CT molecular complexity index is 1520. The number of aliphatic hydroxyl groups is 7.